The van der Waals surface area contributed by atoms with E-state index < -0.39 is 22.5 Å². The molecule has 3 aromatic carbocycles. The largest absolute Gasteiger partial charge is 0.508 e. The number of carbonyl (C=O) groups excluding carboxylic acids is 1. The summed E-state index contributed by atoms with van der Waals surface area (Å²) in [5.74, 6) is 0.0696. The number of amides is 1. The molecule has 0 atom stereocenters. The van der Waals surface area contributed by atoms with Gasteiger partial charge in [0, 0.05) is 12.6 Å². The van der Waals surface area contributed by atoms with Gasteiger partial charge in [-0.15, -0.1) is 0 Å². The zero-order valence-electron chi connectivity index (χ0n) is 18.7. The van der Waals surface area contributed by atoms with E-state index in [2.05, 4.69) is 10.5 Å². The highest BCUT2D eigenvalue weighted by Gasteiger charge is 2.28. The van der Waals surface area contributed by atoms with E-state index >= 15 is 0 Å². The van der Waals surface area contributed by atoms with Crippen molar-refractivity contribution in [3.05, 3.63) is 83.9 Å². The Morgan fingerprint density at radius 2 is 1.74 bits per heavy atom. The van der Waals surface area contributed by atoms with Gasteiger partial charge in [-0.05, 0) is 35.4 Å². The van der Waals surface area contributed by atoms with E-state index in [0.717, 1.165) is 4.31 Å². The molecule has 178 valence electrons. The number of nitrogens with one attached hydrogen (secondary N) is 1. The van der Waals surface area contributed by atoms with Gasteiger partial charge in [0.15, 0.2) is 11.5 Å². The molecule has 0 fully saturated rings. The molecule has 3 aromatic rings. The number of sulfonamides is 1. The Balaban J connectivity index is 1.83. The molecule has 0 bridgehead atoms. The van der Waals surface area contributed by atoms with E-state index in [4.69, 9.17) is 9.47 Å². The Bertz CT molecular complexity index is 1260. The van der Waals surface area contributed by atoms with Gasteiger partial charge in [0.1, 0.15) is 5.75 Å². The van der Waals surface area contributed by atoms with Crippen molar-refractivity contribution >= 4 is 22.1 Å². The van der Waals surface area contributed by atoms with Gasteiger partial charge in [-0.25, -0.2) is 13.8 Å². The van der Waals surface area contributed by atoms with Crippen LogP contribution in [0.25, 0.3) is 0 Å². The lowest BCUT2D eigenvalue weighted by molar-refractivity contribution is -0.121. The topological polar surface area (TPSA) is 118 Å². The molecule has 0 heterocycles. The first-order valence-corrected chi connectivity index (χ1v) is 11.6. The van der Waals surface area contributed by atoms with Crippen LogP contribution >= 0.6 is 0 Å². The van der Waals surface area contributed by atoms with Crippen LogP contribution in [0.15, 0.2) is 82.8 Å². The summed E-state index contributed by atoms with van der Waals surface area (Å²) in [4.78, 5) is 12.5. The number of ether oxygens (including phenoxy) is 2. The summed E-state index contributed by atoms with van der Waals surface area (Å²) < 4.78 is 38.4. The van der Waals surface area contributed by atoms with Crippen LogP contribution in [0.5, 0.6) is 17.2 Å². The molecule has 1 amide bonds. The third-order valence-electron chi connectivity index (χ3n) is 4.79. The standard InChI is InChI=1S/C24H25N3O6S/c1-32-22-12-11-21(14-23(22)33-2)34(30,31)27(16-18-7-4-3-5-8-18)17-24(29)26-25-15-19-9-6-10-20(28)13-19/h3-15,28H,16-17H2,1-2H3,(H,26,29)/b25-15-. The Labute approximate surface area is 198 Å². The number of phenols is 1. The zero-order valence-corrected chi connectivity index (χ0v) is 19.5. The molecule has 3 rings (SSSR count). The average molecular weight is 484 g/mol. The maximum atomic E-state index is 13.5. The number of carbonyl (C=O) groups is 1. The summed E-state index contributed by atoms with van der Waals surface area (Å²) in [5, 5.41) is 13.4. The normalized spacial score (nSPS) is 11.5. The molecular formula is C24H25N3O6S. The van der Waals surface area contributed by atoms with Crippen molar-refractivity contribution < 1.29 is 27.8 Å². The number of benzene rings is 3. The van der Waals surface area contributed by atoms with Gasteiger partial charge in [0.05, 0.1) is 31.9 Å². The van der Waals surface area contributed by atoms with Crippen LogP contribution in [-0.2, 0) is 21.4 Å². The Hall–Kier alpha value is -3.89. The number of aromatic hydroxyl groups is 1. The van der Waals surface area contributed by atoms with Gasteiger partial charge in [-0.3, -0.25) is 4.79 Å². The number of nitrogens with zero attached hydrogens (tertiary/aromatic N) is 2. The second kappa shape index (κ2) is 11.3. The Morgan fingerprint density at radius 3 is 2.41 bits per heavy atom. The minimum absolute atomic E-state index is 0.0266. The summed E-state index contributed by atoms with van der Waals surface area (Å²) >= 11 is 0. The number of hydrogen-bond donors (Lipinski definition) is 2. The molecule has 0 aromatic heterocycles. The summed E-state index contributed by atoms with van der Waals surface area (Å²) in [5.41, 5.74) is 3.61. The van der Waals surface area contributed by atoms with Gasteiger partial charge in [0.25, 0.3) is 5.91 Å². The average Bonchev–Trinajstić information content (AvgIpc) is 2.83. The lowest BCUT2D eigenvalue weighted by Gasteiger charge is -2.22. The van der Waals surface area contributed by atoms with E-state index in [1.807, 2.05) is 6.07 Å². The fourth-order valence-corrected chi connectivity index (χ4v) is 4.52. The van der Waals surface area contributed by atoms with Crippen molar-refractivity contribution in [2.45, 2.75) is 11.4 Å². The molecule has 0 aliphatic heterocycles. The molecule has 9 nitrogen and oxygen atoms in total. The van der Waals surface area contributed by atoms with Crippen LogP contribution in [0.3, 0.4) is 0 Å². The van der Waals surface area contributed by atoms with Crippen LogP contribution < -0.4 is 14.9 Å². The quantitative estimate of drug-likeness (QED) is 0.338. The highest BCUT2D eigenvalue weighted by molar-refractivity contribution is 7.89. The number of methoxy groups -OCH3 is 2. The van der Waals surface area contributed by atoms with Gasteiger partial charge < -0.3 is 14.6 Å². The van der Waals surface area contributed by atoms with E-state index in [1.165, 1.54) is 50.8 Å². The molecule has 2 N–H and O–H groups in total. The predicted octanol–water partition coefficient (Wildman–Crippen LogP) is 2.75. The molecular weight excluding hydrogens is 458 g/mol. The monoisotopic (exact) mass is 483 g/mol. The van der Waals surface area contributed by atoms with Crippen molar-refractivity contribution in [3.8, 4) is 17.2 Å². The minimum atomic E-state index is -4.08. The fourth-order valence-electron chi connectivity index (χ4n) is 3.12. The van der Waals surface area contributed by atoms with Crippen molar-refractivity contribution in [1.29, 1.82) is 0 Å². The summed E-state index contributed by atoms with van der Waals surface area (Å²) in [6.07, 6.45) is 1.35. The molecule has 0 unspecified atom stereocenters. The molecule has 0 spiro atoms. The molecule has 0 aliphatic rings. The maximum Gasteiger partial charge on any atom is 0.255 e. The SMILES string of the molecule is COc1ccc(S(=O)(=O)N(CC(=O)N/N=C\c2cccc(O)c2)Cc2ccccc2)cc1OC. The van der Waals surface area contributed by atoms with Crippen LogP contribution in [0.2, 0.25) is 0 Å². The van der Waals surface area contributed by atoms with Crippen LogP contribution in [0.4, 0.5) is 0 Å². The zero-order chi connectivity index (χ0) is 24.6. The van der Waals surface area contributed by atoms with E-state index in [9.17, 15) is 18.3 Å². The van der Waals surface area contributed by atoms with Gasteiger partial charge in [-0.1, -0.05) is 42.5 Å². The fraction of sp³-hybridized carbons (Fsp3) is 0.167. The molecule has 34 heavy (non-hydrogen) atoms. The minimum Gasteiger partial charge on any atom is -0.508 e. The van der Waals surface area contributed by atoms with Crippen LogP contribution in [0.1, 0.15) is 11.1 Å². The van der Waals surface area contributed by atoms with E-state index in [-0.39, 0.29) is 22.9 Å². The summed E-state index contributed by atoms with van der Waals surface area (Å²) in [6.45, 7) is -0.496. The number of phenolic OH excluding ortho intramolecular Hbond substituents is 1. The van der Waals surface area contributed by atoms with Gasteiger partial charge >= 0.3 is 0 Å². The number of hydrazone groups is 1. The predicted molar refractivity (Wildman–Crippen MR) is 127 cm³/mol. The van der Waals surface area contributed by atoms with Crippen molar-refractivity contribution in [3.63, 3.8) is 0 Å². The third-order valence-corrected chi connectivity index (χ3v) is 6.58. The molecule has 0 saturated carbocycles. The second-order valence-corrected chi connectivity index (χ2v) is 9.10. The van der Waals surface area contributed by atoms with Crippen molar-refractivity contribution in [2.24, 2.45) is 5.10 Å². The van der Waals surface area contributed by atoms with Crippen molar-refractivity contribution in [1.82, 2.24) is 9.73 Å². The Morgan fingerprint density at radius 1 is 1.00 bits per heavy atom. The lowest BCUT2D eigenvalue weighted by Crippen LogP contribution is -2.39. The van der Waals surface area contributed by atoms with E-state index in [1.54, 1.807) is 36.4 Å². The number of rotatable bonds is 10. The van der Waals surface area contributed by atoms with Gasteiger partial charge in [-0.2, -0.15) is 9.41 Å². The highest BCUT2D eigenvalue weighted by atomic mass is 32.2. The first kappa shape index (κ1) is 24.7. The van der Waals surface area contributed by atoms with E-state index in [0.29, 0.717) is 16.9 Å². The highest BCUT2D eigenvalue weighted by Crippen LogP contribution is 2.31. The van der Waals surface area contributed by atoms with Crippen molar-refractivity contribution in [2.75, 3.05) is 20.8 Å². The Kier molecular flexibility index (Phi) is 8.23. The molecule has 10 heteroatoms. The summed E-state index contributed by atoms with van der Waals surface area (Å²) in [7, 11) is -1.22. The van der Waals surface area contributed by atoms with Gasteiger partial charge in [0.2, 0.25) is 10.0 Å². The first-order valence-electron chi connectivity index (χ1n) is 10.2. The summed E-state index contributed by atoms with van der Waals surface area (Å²) in [6, 6.07) is 19.5. The smallest absolute Gasteiger partial charge is 0.255 e. The molecule has 0 radical (unpaired) electrons. The second-order valence-electron chi connectivity index (χ2n) is 7.16. The van der Waals surface area contributed by atoms with Crippen LogP contribution in [0, 0.1) is 0 Å². The van der Waals surface area contributed by atoms with Crippen LogP contribution in [-0.4, -0.2) is 50.7 Å². The molecule has 0 saturated heterocycles. The third kappa shape index (κ3) is 6.33. The first-order chi connectivity index (χ1) is 16.3. The molecule has 0 aliphatic carbocycles. The number of hydrogen-bond acceptors (Lipinski definition) is 7. The lowest BCUT2D eigenvalue weighted by atomic mass is 10.2. The maximum absolute atomic E-state index is 13.5.